The molecule has 0 fully saturated rings. The molecule has 1 aromatic carbocycles. The molecule has 0 saturated carbocycles. The third-order valence-corrected chi connectivity index (χ3v) is 2.25. The van der Waals surface area contributed by atoms with E-state index in [1.165, 1.54) is 0 Å². The van der Waals surface area contributed by atoms with Crippen LogP contribution in [0.3, 0.4) is 0 Å². The van der Waals surface area contributed by atoms with Gasteiger partial charge in [-0.2, -0.15) is 0 Å². The van der Waals surface area contributed by atoms with Crippen molar-refractivity contribution in [2.24, 2.45) is 11.7 Å². The SMILES string of the molecule is CC(C)CNc1c(F)cc(C(N)=S)cc1F. The third kappa shape index (κ3) is 3.13. The molecular weight excluding hydrogens is 230 g/mol. The highest BCUT2D eigenvalue weighted by atomic mass is 32.1. The molecule has 0 heterocycles. The van der Waals surface area contributed by atoms with Gasteiger partial charge in [0.25, 0.3) is 0 Å². The lowest BCUT2D eigenvalue weighted by atomic mass is 10.1. The summed E-state index contributed by atoms with van der Waals surface area (Å²) < 4.78 is 27.0. The van der Waals surface area contributed by atoms with Crippen molar-refractivity contribution in [2.75, 3.05) is 11.9 Å². The van der Waals surface area contributed by atoms with Crippen LogP contribution in [0.2, 0.25) is 0 Å². The molecule has 0 unspecified atom stereocenters. The third-order valence-electron chi connectivity index (χ3n) is 2.01. The fourth-order valence-corrected chi connectivity index (χ4v) is 1.31. The van der Waals surface area contributed by atoms with Gasteiger partial charge >= 0.3 is 0 Å². The molecule has 0 spiro atoms. The number of benzene rings is 1. The van der Waals surface area contributed by atoms with E-state index in [1.807, 2.05) is 13.8 Å². The van der Waals surface area contributed by atoms with E-state index in [0.717, 1.165) is 12.1 Å². The fraction of sp³-hybridized carbons (Fsp3) is 0.364. The first-order chi connectivity index (χ1) is 7.41. The first-order valence-corrected chi connectivity index (χ1v) is 5.35. The van der Waals surface area contributed by atoms with Crippen molar-refractivity contribution in [3.63, 3.8) is 0 Å². The van der Waals surface area contributed by atoms with Crippen LogP contribution >= 0.6 is 12.2 Å². The number of halogens is 2. The maximum absolute atomic E-state index is 13.5. The fourth-order valence-electron chi connectivity index (χ4n) is 1.19. The van der Waals surface area contributed by atoms with Crippen LogP contribution in [0.25, 0.3) is 0 Å². The van der Waals surface area contributed by atoms with Crippen LogP contribution < -0.4 is 11.1 Å². The van der Waals surface area contributed by atoms with Gasteiger partial charge in [-0.3, -0.25) is 0 Å². The molecule has 0 bridgehead atoms. The molecule has 1 aromatic rings. The Morgan fingerprint density at radius 1 is 1.38 bits per heavy atom. The zero-order valence-corrected chi connectivity index (χ0v) is 10.00. The number of nitrogens with one attached hydrogen (secondary N) is 1. The molecule has 0 saturated heterocycles. The summed E-state index contributed by atoms with van der Waals surface area (Å²) in [4.78, 5) is -0.0202. The second-order valence-corrected chi connectivity index (χ2v) is 4.39. The van der Waals surface area contributed by atoms with Crippen LogP contribution in [-0.4, -0.2) is 11.5 Å². The van der Waals surface area contributed by atoms with E-state index in [2.05, 4.69) is 17.5 Å². The Morgan fingerprint density at radius 2 is 1.88 bits per heavy atom. The Labute approximate surface area is 98.8 Å². The van der Waals surface area contributed by atoms with Crippen molar-refractivity contribution in [1.29, 1.82) is 0 Å². The largest absolute Gasteiger partial charge is 0.389 e. The zero-order chi connectivity index (χ0) is 12.3. The standard InChI is InChI=1S/C11H14F2N2S/c1-6(2)5-15-10-8(12)3-7(11(14)16)4-9(10)13/h3-4,6,15H,5H2,1-2H3,(H2,14,16). The van der Waals surface area contributed by atoms with Gasteiger partial charge in [-0.05, 0) is 18.1 Å². The average Bonchev–Trinajstić information content (AvgIpc) is 2.15. The minimum atomic E-state index is -0.677. The highest BCUT2D eigenvalue weighted by molar-refractivity contribution is 7.80. The summed E-state index contributed by atoms with van der Waals surface area (Å²) in [5.41, 5.74) is 5.37. The van der Waals surface area contributed by atoms with Gasteiger partial charge in [0.1, 0.15) is 22.3 Å². The molecule has 5 heteroatoms. The molecule has 0 radical (unpaired) electrons. The number of hydrogen-bond donors (Lipinski definition) is 2. The van der Waals surface area contributed by atoms with Crippen molar-refractivity contribution in [3.8, 4) is 0 Å². The minimum absolute atomic E-state index is 0.0202. The van der Waals surface area contributed by atoms with E-state index in [4.69, 9.17) is 5.73 Å². The molecule has 0 atom stereocenters. The molecule has 0 aliphatic carbocycles. The predicted octanol–water partition coefficient (Wildman–Crippen LogP) is 2.67. The summed E-state index contributed by atoms with van der Waals surface area (Å²) in [5, 5.41) is 2.71. The lowest BCUT2D eigenvalue weighted by Crippen LogP contribution is -2.14. The van der Waals surface area contributed by atoms with Gasteiger partial charge in [-0.25, -0.2) is 8.78 Å². The average molecular weight is 244 g/mol. The van der Waals surface area contributed by atoms with Gasteiger partial charge in [0.15, 0.2) is 0 Å². The van der Waals surface area contributed by atoms with E-state index in [0.29, 0.717) is 12.5 Å². The second kappa shape index (κ2) is 5.21. The number of hydrogen-bond acceptors (Lipinski definition) is 2. The van der Waals surface area contributed by atoms with Gasteiger partial charge in [0.05, 0.1) is 0 Å². The quantitative estimate of drug-likeness (QED) is 0.800. The van der Waals surface area contributed by atoms with Crippen molar-refractivity contribution in [3.05, 3.63) is 29.3 Å². The summed E-state index contributed by atoms with van der Waals surface area (Å²) in [6, 6.07) is 2.27. The molecule has 0 amide bonds. The van der Waals surface area contributed by atoms with Crippen molar-refractivity contribution < 1.29 is 8.78 Å². The number of thiocarbonyl (C=S) groups is 1. The van der Waals surface area contributed by atoms with Crippen LogP contribution in [0.4, 0.5) is 14.5 Å². The van der Waals surface area contributed by atoms with Crippen LogP contribution in [0.1, 0.15) is 19.4 Å². The molecule has 2 nitrogen and oxygen atoms in total. The number of rotatable bonds is 4. The normalized spacial score (nSPS) is 10.6. The monoisotopic (exact) mass is 244 g/mol. The maximum Gasteiger partial charge on any atom is 0.150 e. The smallest absolute Gasteiger partial charge is 0.150 e. The van der Waals surface area contributed by atoms with Gasteiger partial charge in [0, 0.05) is 12.1 Å². The Morgan fingerprint density at radius 3 is 2.25 bits per heavy atom. The second-order valence-electron chi connectivity index (χ2n) is 3.95. The molecular formula is C11H14F2N2S. The highest BCUT2D eigenvalue weighted by Crippen LogP contribution is 2.21. The lowest BCUT2D eigenvalue weighted by Gasteiger charge is -2.11. The Bertz CT molecular complexity index is 382. The zero-order valence-electron chi connectivity index (χ0n) is 9.18. The van der Waals surface area contributed by atoms with E-state index in [-0.39, 0.29) is 16.2 Å². The minimum Gasteiger partial charge on any atom is -0.389 e. The number of nitrogens with two attached hydrogens (primary N) is 1. The van der Waals surface area contributed by atoms with Crippen molar-refractivity contribution in [2.45, 2.75) is 13.8 Å². The van der Waals surface area contributed by atoms with Crippen LogP contribution in [0.5, 0.6) is 0 Å². The molecule has 0 aliphatic heterocycles. The molecule has 1 rings (SSSR count). The lowest BCUT2D eigenvalue weighted by molar-refractivity contribution is 0.582. The van der Waals surface area contributed by atoms with Crippen molar-refractivity contribution >= 4 is 22.9 Å². The molecule has 88 valence electrons. The van der Waals surface area contributed by atoms with Crippen LogP contribution in [0, 0.1) is 17.6 Å². The molecule has 3 N–H and O–H groups in total. The Hall–Kier alpha value is -1.23. The Balaban J connectivity index is 2.98. The topological polar surface area (TPSA) is 38.0 Å². The van der Waals surface area contributed by atoms with Gasteiger partial charge in [0.2, 0.25) is 0 Å². The summed E-state index contributed by atoms with van der Waals surface area (Å²) in [5.74, 6) is -1.05. The van der Waals surface area contributed by atoms with Gasteiger partial charge in [-0.1, -0.05) is 26.1 Å². The van der Waals surface area contributed by atoms with E-state index >= 15 is 0 Å². The van der Waals surface area contributed by atoms with E-state index in [1.54, 1.807) is 0 Å². The number of anilines is 1. The summed E-state index contributed by atoms with van der Waals surface area (Å²) in [6.07, 6.45) is 0. The first-order valence-electron chi connectivity index (χ1n) is 4.94. The molecule has 16 heavy (non-hydrogen) atoms. The van der Waals surface area contributed by atoms with Crippen molar-refractivity contribution in [1.82, 2.24) is 0 Å². The van der Waals surface area contributed by atoms with Gasteiger partial charge in [-0.15, -0.1) is 0 Å². The van der Waals surface area contributed by atoms with Crippen LogP contribution in [-0.2, 0) is 0 Å². The maximum atomic E-state index is 13.5. The van der Waals surface area contributed by atoms with Crippen LogP contribution in [0.15, 0.2) is 12.1 Å². The molecule has 0 aromatic heterocycles. The summed E-state index contributed by atoms with van der Waals surface area (Å²) >= 11 is 4.65. The first kappa shape index (κ1) is 12.8. The summed E-state index contributed by atoms with van der Waals surface area (Å²) in [7, 11) is 0. The molecule has 0 aliphatic rings. The van der Waals surface area contributed by atoms with E-state index < -0.39 is 11.6 Å². The summed E-state index contributed by atoms with van der Waals surface area (Å²) in [6.45, 7) is 4.40. The van der Waals surface area contributed by atoms with E-state index in [9.17, 15) is 8.78 Å². The predicted molar refractivity (Wildman–Crippen MR) is 65.6 cm³/mol. The Kier molecular flexibility index (Phi) is 4.18. The highest BCUT2D eigenvalue weighted by Gasteiger charge is 2.12. The van der Waals surface area contributed by atoms with Gasteiger partial charge < -0.3 is 11.1 Å².